The molecule has 2 aromatic heterocycles. The molecule has 4 rings (SSSR count). The Bertz CT molecular complexity index is 1170. The van der Waals surface area contributed by atoms with Gasteiger partial charge < -0.3 is 5.73 Å². The lowest BCUT2D eigenvalue weighted by Gasteiger charge is -2.33. The molecule has 0 amide bonds. The highest BCUT2D eigenvalue weighted by atomic mass is 35.5. The van der Waals surface area contributed by atoms with Crippen LogP contribution in [0.15, 0.2) is 53.8 Å². The molecule has 0 radical (unpaired) electrons. The zero-order valence-electron chi connectivity index (χ0n) is 15.2. The highest BCUT2D eigenvalue weighted by Gasteiger charge is 2.42. The van der Waals surface area contributed by atoms with E-state index in [0.29, 0.717) is 9.90 Å². The summed E-state index contributed by atoms with van der Waals surface area (Å²) in [5.74, 6) is -0.239. The van der Waals surface area contributed by atoms with Crippen LogP contribution in [0.5, 0.6) is 0 Å². The number of thiophene rings is 1. The Hall–Kier alpha value is -2.36. The molecule has 1 atom stereocenters. The van der Waals surface area contributed by atoms with Crippen LogP contribution in [-0.4, -0.2) is 41.3 Å². The normalized spacial score (nSPS) is 21.5. The molecule has 0 spiro atoms. The molecule has 10 heteroatoms. The van der Waals surface area contributed by atoms with E-state index in [1.54, 1.807) is 17.8 Å². The van der Waals surface area contributed by atoms with Gasteiger partial charge in [0.1, 0.15) is 5.54 Å². The number of aromatic nitrogens is 2. The van der Waals surface area contributed by atoms with E-state index in [-0.39, 0.29) is 11.7 Å². The van der Waals surface area contributed by atoms with Gasteiger partial charge in [-0.3, -0.25) is 0 Å². The molecule has 0 saturated heterocycles. The molecular formula is C18H18ClN5O2S2. The quantitative estimate of drug-likeness (QED) is 0.684. The number of halogens is 1. The fourth-order valence-corrected chi connectivity index (χ4v) is 6.25. The van der Waals surface area contributed by atoms with Crippen molar-refractivity contribution in [3.05, 3.63) is 58.7 Å². The minimum Gasteiger partial charge on any atom is -0.369 e. The van der Waals surface area contributed by atoms with Gasteiger partial charge in [0.2, 0.25) is 16.0 Å². The van der Waals surface area contributed by atoms with Crippen molar-refractivity contribution >= 4 is 38.9 Å². The minimum atomic E-state index is -3.56. The van der Waals surface area contributed by atoms with E-state index in [4.69, 9.17) is 17.3 Å². The maximum Gasteiger partial charge on any atom is 0.239 e. The predicted octanol–water partition coefficient (Wildman–Crippen LogP) is 3.06. The second-order valence-electron chi connectivity index (χ2n) is 6.76. The summed E-state index contributed by atoms with van der Waals surface area (Å²) in [6.45, 7) is 1.74. The van der Waals surface area contributed by atoms with E-state index >= 15 is 0 Å². The second-order valence-corrected chi connectivity index (χ2v) is 10.2. The van der Waals surface area contributed by atoms with Crippen molar-refractivity contribution in [1.82, 2.24) is 14.1 Å². The fourth-order valence-electron chi connectivity index (χ4n) is 3.12. The number of guanidine groups is 1. The lowest BCUT2D eigenvalue weighted by molar-refractivity contribution is 0.482. The first-order chi connectivity index (χ1) is 13.2. The van der Waals surface area contributed by atoms with Crippen LogP contribution >= 0.6 is 22.9 Å². The molecule has 1 unspecified atom stereocenters. The van der Waals surface area contributed by atoms with Crippen molar-refractivity contribution < 1.29 is 8.42 Å². The van der Waals surface area contributed by atoms with E-state index in [1.807, 2.05) is 42.6 Å². The number of rotatable bonds is 3. The minimum absolute atomic E-state index is 0.0448. The Balaban J connectivity index is 1.73. The summed E-state index contributed by atoms with van der Waals surface area (Å²) >= 11 is 7.88. The average molecular weight is 436 g/mol. The molecule has 1 aliphatic rings. The molecule has 3 heterocycles. The van der Waals surface area contributed by atoms with Gasteiger partial charge in [-0.2, -0.15) is 5.10 Å². The van der Waals surface area contributed by atoms with Gasteiger partial charge in [0.25, 0.3) is 0 Å². The van der Waals surface area contributed by atoms with E-state index in [1.165, 1.54) is 18.4 Å². The van der Waals surface area contributed by atoms with Crippen LogP contribution in [0.2, 0.25) is 5.02 Å². The Morgan fingerprint density at radius 2 is 2.00 bits per heavy atom. The molecule has 1 aliphatic heterocycles. The summed E-state index contributed by atoms with van der Waals surface area (Å²) in [6, 6.07) is 11.6. The van der Waals surface area contributed by atoms with Crippen molar-refractivity contribution in [2.24, 2.45) is 10.7 Å². The van der Waals surface area contributed by atoms with Crippen LogP contribution in [-0.2, 0) is 15.6 Å². The number of benzene rings is 1. The lowest BCUT2D eigenvalue weighted by atomic mass is 10.0. The van der Waals surface area contributed by atoms with Crippen LogP contribution in [0, 0.1) is 0 Å². The summed E-state index contributed by atoms with van der Waals surface area (Å²) in [6.07, 6.45) is 3.66. The van der Waals surface area contributed by atoms with Crippen LogP contribution < -0.4 is 5.73 Å². The first-order valence-corrected chi connectivity index (χ1v) is 11.2. The third-order valence-corrected chi connectivity index (χ3v) is 8.42. The van der Waals surface area contributed by atoms with Crippen molar-refractivity contribution in [2.75, 3.05) is 12.8 Å². The van der Waals surface area contributed by atoms with Gasteiger partial charge in [-0.05, 0) is 25.1 Å². The van der Waals surface area contributed by atoms with Gasteiger partial charge in [0.05, 0.1) is 27.5 Å². The summed E-state index contributed by atoms with van der Waals surface area (Å²) < 4.78 is 27.7. The van der Waals surface area contributed by atoms with E-state index in [9.17, 15) is 8.42 Å². The van der Waals surface area contributed by atoms with Gasteiger partial charge in [-0.1, -0.05) is 29.8 Å². The molecule has 0 fully saturated rings. The van der Waals surface area contributed by atoms with Crippen LogP contribution in [0.25, 0.3) is 16.1 Å². The number of hydrogen-bond donors (Lipinski definition) is 1. The molecule has 2 N–H and O–H groups in total. The number of aliphatic imine (C=N–C) groups is 1. The molecule has 3 aromatic rings. The van der Waals surface area contributed by atoms with E-state index < -0.39 is 15.6 Å². The Kier molecular flexibility index (Phi) is 4.48. The predicted molar refractivity (Wildman–Crippen MR) is 112 cm³/mol. The zero-order valence-corrected chi connectivity index (χ0v) is 17.6. The van der Waals surface area contributed by atoms with Crippen molar-refractivity contribution in [3.63, 3.8) is 0 Å². The third-order valence-electron chi connectivity index (χ3n) is 4.63. The summed E-state index contributed by atoms with van der Waals surface area (Å²) in [7, 11) is -2.17. The Labute approximate surface area is 172 Å². The van der Waals surface area contributed by atoms with E-state index in [0.717, 1.165) is 20.4 Å². The van der Waals surface area contributed by atoms with Crippen LogP contribution in [0.4, 0.5) is 0 Å². The first-order valence-electron chi connectivity index (χ1n) is 8.42. The molecule has 28 heavy (non-hydrogen) atoms. The lowest BCUT2D eigenvalue weighted by Crippen LogP contribution is -2.50. The van der Waals surface area contributed by atoms with E-state index in [2.05, 4.69) is 10.1 Å². The van der Waals surface area contributed by atoms with Crippen LogP contribution in [0.1, 0.15) is 11.8 Å². The van der Waals surface area contributed by atoms with Gasteiger partial charge in [-0.15, -0.1) is 11.3 Å². The molecule has 7 nitrogen and oxygen atoms in total. The van der Waals surface area contributed by atoms with Gasteiger partial charge in [0.15, 0.2) is 0 Å². The SMILES string of the molecule is CN1C(N)=NC(C)(c2sc(-c3cnn(-c4ccccc4)c3)cc2Cl)CS1(=O)=O. The average Bonchev–Trinajstić information content (AvgIpc) is 3.27. The summed E-state index contributed by atoms with van der Waals surface area (Å²) in [5, 5.41) is 4.87. The summed E-state index contributed by atoms with van der Waals surface area (Å²) in [5.41, 5.74) is 6.64. The maximum atomic E-state index is 12.4. The molecular weight excluding hydrogens is 418 g/mol. The van der Waals surface area contributed by atoms with Gasteiger partial charge >= 0.3 is 0 Å². The second kappa shape index (κ2) is 6.61. The largest absolute Gasteiger partial charge is 0.369 e. The Morgan fingerprint density at radius 3 is 2.68 bits per heavy atom. The number of nitrogens with zero attached hydrogens (tertiary/aromatic N) is 4. The smallest absolute Gasteiger partial charge is 0.239 e. The zero-order chi connectivity index (χ0) is 20.1. The fraction of sp³-hybridized carbons (Fsp3) is 0.222. The number of para-hydroxylation sites is 1. The molecule has 1 aromatic carbocycles. The number of nitrogens with two attached hydrogens (primary N) is 1. The monoisotopic (exact) mass is 435 g/mol. The molecule has 0 saturated carbocycles. The maximum absolute atomic E-state index is 12.4. The Morgan fingerprint density at radius 1 is 1.29 bits per heavy atom. The highest BCUT2D eigenvalue weighted by Crippen LogP contribution is 2.44. The molecule has 0 aliphatic carbocycles. The highest BCUT2D eigenvalue weighted by molar-refractivity contribution is 7.89. The van der Waals surface area contributed by atoms with Crippen molar-refractivity contribution in [1.29, 1.82) is 0 Å². The van der Waals surface area contributed by atoms with Gasteiger partial charge in [0, 0.05) is 23.7 Å². The summed E-state index contributed by atoms with van der Waals surface area (Å²) in [4.78, 5) is 5.97. The number of hydrogen-bond acceptors (Lipinski definition) is 6. The first kappa shape index (κ1) is 19.0. The van der Waals surface area contributed by atoms with Gasteiger partial charge in [-0.25, -0.2) is 22.4 Å². The molecule has 0 bridgehead atoms. The van der Waals surface area contributed by atoms with Crippen molar-refractivity contribution in [2.45, 2.75) is 12.5 Å². The standard InChI is InChI=1S/C18H18ClN5O2S2/c1-18(11-28(25,26)23(2)17(20)22-18)16-14(19)8-15(27-16)12-9-21-24(10-12)13-6-4-3-5-7-13/h3-10H,11H2,1-2H3,(H2,20,22). The topological polar surface area (TPSA) is 93.6 Å². The van der Waals surface area contributed by atoms with Crippen molar-refractivity contribution in [3.8, 4) is 16.1 Å². The van der Waals surface area contributed by atoms with Crippen LogP contribution in [0.3, 0.4) is 0 Å². The number of sulfonamides is 1. The third kappa shape index (κ3) is 3.19. The molecule has 146 valence electrons.